The van der Waals surface area contributed by atoms with Crippen LogP contribution in [0.15, 0.2) is 48.5 Å². The van der Waals surface area contributed by atoms with Gasteiger partial charge in [-0.15, -0.1) is 0 Å². The fourth-order valence-electron chi connectivity index (χ4n) is 2.17. The van der Waals surface area contributed by atoms with Gasteiger partial charge < -0.3 is 9.64 Å². The molecule has 0 aliphatic carbocycles. The molecule has 0 radical (unpaired) electrons. The van der Waals surface area contributed by atoms with Crippen LogP contribution in [0.1, 0.15) is 18.9 Å². The molecule has 2 nitrogen and oxygen atoms in total. The third-order valence-electron chi connectivity index (χ3n) is 3.22. The van der Waals surface area contributed by atoms with E-state index in [4.69, 9.17) is 4.74 Å². The third-order valence-corrected chi connectivity index (χ3v) is 3.22. The Hall–Kier alpha value is -2.03. The highest BCUT2D eigenvalue weighted by atomic mass is 19.1. The normalized spacial score (nSPS) is 10.3. The smallest absolute Gasteiger partial charge is 0.123 e. The van der Waals surface area contributed by atoms with Gasteiger partial charge in [-0.3, -0.25) is 0 Å². The van der Waals surface area contributed by atoms with Crippen molar-refractivity contribution in [1.82, 2.24) is 0 Å². The van der Waals surface area contributed by atoms with Crippen molar-refractivity contribution in [1.29, 1.82) is 0 Å². The monoisotopic (exact) mass is 273 g/mol. The van der Waals surface area contributed by atoms with E-state index in [1.165, 1.54) is 12.1 Å². The number of halogens is 1. The molecule has 3 heteroatoms. The van der Waals surface area contributed by atoms with Gasteiger partial charge in [-0.25, -0.2) is 4.39 Å². The van der Waals surface area contributed by atoms with Crippen LogP contribution >= 0.6 is 0 Å². The summed E-state index contributed by atoms with van der Waals surface area (Å²) in [4.78, 5) is 2.28. The minimum absolute atomic E-state index is 0.194. The van der Waals surface area contributed by atoms with E-state index in [9.17, 15) is 4.39 Å². The predicted molar refractivity (Wildman–Crippen MR) is 80.7 cm³/mol. The second-order valence-corrected chi connectivity index (χ2v) is 4.75. The molecule has 0 fully saturated rings. The van der Waals surface area contributed by atoms with E-state index in [0.717, 1.165) is 36.5 Å². The number of anilines is 1. The molecule has 106 valence electrons. The molecule has 0 spiro atoms. The largest absolute Gasteiger partial charge is 0.497 e. The standard InChI is InChI=1S/C17H20FNO/c1-3-12-19(13-14-4-6-15(18)7-5-14)16-8-10-17(20-2)11-9-16/h4-11H,3,12-13H2,1-2H3. The van der Waals surface area contributed by atoms with Gasteiger partial charge >= 0.3 is 0 Å². The Kier molecular flexibility index (Phi) is 4.99. The molecular weight excluding hydrogens is 253 g/mol. The molecule has 20 heavy (non-hydrogen) atoms. The zero-order valence-electron chi connectivity index (χ0n) is 12.0. The summed E-state index contributed by atoms with van der Waals surface area (Å²) in [6.45, 7) is 3.89. The number of hydrogen-bond donors (Lipinski definition) is 0. The topological polar surface area (TPSA) is 12.5 Å². The van der Waals surface area contributed by atoms with E-state index in [2.05, 4.69) is 24.0 Å². The zero-order valence-corrected chi connectivity index (χ0v) is 12.0. The predicted octanol–water partition coefficient (Wildman–Crippen LogP) is 4.25. The molecule has 0 atom stereocenters. The van der Waals surface area contributed by atoms with Crippen LogP contribution in [0.2, 0.25) is 0 Å². The summed E-state index contributed by atoms with van der Waals surface area (Å²) < 4.78 is 18.1. The fraction of sp³-hybridized carbons (Fsp3) is 0.294. The van der Waals surface area contributed by atoms with E-state index in [-0.39, 0.29) is 5.82 Å². The van der Waals surface area contributed by atoms with E-state index >= 15 is 0 Å². The van der Waals surface area contributed by atoms with Crippen LogP contribution in [0.5, 0.6) is 5.75 Å². The highest BCUT2D eigenvalue weighted by Crippen LogP contribution is 2.21. The SMILES string of the molecule is CCCN(Cc1ccc(F)cc1)c1ccc(OC)cc1. The van der Waals surface area contributed by atoms with Crippen LogP contribution in [0.3, 0.4) is 0 Å². The van der Waals surface area contributed by atoms with Crippen LogP contribution in [-0.2, 0) is 6.54 Å². The lowest BCUT2D eigenvalue weighted by Crippen LogP contribution is -2.23. The molecule has 2 aromatic rings. The molecule has 0 saturated carbocycles. The summed E-state index contributed by atoms with van der Waals surface area (Å²) in [6.07, 6.45) is 1.06. The highest BCUT2D eigenvalue weighted by Gasteiger charge is 2.07. The van der Waals surface area contributed by atoms with Crippen molar-refractivity contribution in [3.63, 3.8) is 0 Å². The minimum Gasteiger partial charge on any atom is -0.497 e. The number of methoxy groups -OCH3 is 1. The fourth-order valence-corrected chi connectivity index (χ4v) is 2.17. The Morgan fingerprint density at radius 1 is 1.00 bits per heavy atom. The summed E-state index contributed by atoms with van der Waals surface area (Å²) in [5.74, 6) is 0.659. The van der Waals surface area contributed by atoms with E-state index in [1.54, 1.807) is 7.11 Å². The second kappa shape index (κ2) is 6.94. The zero-order chi connectivity index (χ0) is 14.4. The van der Waals surface area contributed by atoms with E-state index in [0.29, 0.717) is 0 Å². The molecule has 0 unspecified atom stereocenters. The maximum absolute atomic E-state index is 13.0. The molecule has 2 aromatic carbocycles. The molecule has 0 aromatic heterocycles. The van der Waals surface area contributed by atoms with Gasteiger partial charge in [0.25, 0.3) is 0 Å². The van der Waals surface area contributed by atoms with Crippen LogP contribution in [0.25, 0.3) is 0 Å². The quantitative estimate of drug-likeness (QED) is 0.780. The Labute approximate surface area is 119 Å². The summed E-state index contributed by atoms with van der Waals surface area (Å²) in [5.41, 5.74) is 2.26. The minimum atomic E-state index is -0.194. The summed E-state index contributed by atoms with van der Waals surface area (Å²) in [5, 5.41) is 0. The molecule has 0 aliphatic rings. The first-order valence-electron chi connectivity index (χ1n) is 6.86. The molecule has 2 rings (SSSR count). The van der Waals surface area contributed by atoms with Crippen molar-refractivity contribution in [3.8, 4) is 5.75 Å². The van der Waals surface area contributed by atoms with Gasteiger partial charge in [-0.05, 0) is 48.4 Å². The van der Waals surface area contributed by atoms with Crippen LogP contribution in [-0.4, -0.2) is 13.7 Å². The first-order chi connectivity index (χ1) is 9.72. The van der Waals surface area contributed by atoms with E-state index < -0.39 is 0 Å². The van der Waals surface area contributed by atoms with E-state index in [1.807, 2.05) is 24.3 Å². The summed E-state index contributed by atoms with van der Waals surface area (Å²) in [6, 6.07) is 14.7. The van der Waals surface area contributed by atoms with Gasteiger partial charge in [0.05, 0.1) is 7.11 Å². The number of hydrogen-bond acceptors (Lipinski definition) is 2. The Balaban J connectivity index is 2.14. The number of rotatable bonds is 6. The van der Waals surface area contributed by atoms with Crippen LogP contribution in [0.4, 0.5) is 10.1 Å². The summed E-state index contributed by atoms with van der Waals surface area (Å²) >= 11 is 0. The summed E-state index contributed by atoms with van der Waals surface area (Å²) in [7, 11) is 1.66. The lowest BCUT2D eigenvalue weighted by molar-refractivity contribution is 0.415. The van der Waals surface area contributed by atoms with Gasteiger partial charge in [-0.1, -0.05) is 19.1 Å². The third kappa shape index (κ3) is 3.73. The Bertz CT molecular complexity index is 522. The molecule has 0 N–H and O–H groups in total. The molecule has 0 aliphatic heterocycles. The second-order valence-electron chi connectivity index (χ2n) is 4.75. The average Bonchev–Trinajstić information content (AvgIpc) is 2.49. The molecule has 0 amide bonds. The maximum Gasteiger partial charge on any atom is 0.123 e. The Morgan fingerprint density at radius 3 is 2.20 bits per heavy atom. The first-order valence-corrected chi connectivity index (χ1v) is 6.86. The van der Waals surface area contributed by atoms with Crippen molar-refractivity contribution in [2.75, 3.05) is 18.6 Å². The highest BCUT2D eigenvalue weighted by molar-refractivity contribution is 5.49. The van der Waals surface area contributed by atoms with Gasteiger partial charge in [0.1, 0.15) is 11.6 Å². The molecule has 0 heterocycles. The first kappa shape index (κ1) is 14.4. The van der Waals surface area contributed by atoms with Gasteiger partial charge in [0, 0.05) is 18.8 Å². The van der Waals surface area contributed by atoms with Gasteiger partial charge in [0.2, 0.25) is 0 Å². The van der Waals surface area contributed by atoms with Gasteiger partial charge in [-0.2, -0.15) is 0 Å². The van der Waals surface area contributed by atoms with Crippen LogP contribution < -0.4 is 9.64 Å². The maximum atomic E-state index is 13.0. The van der Waals surface area contributed by atoms with Crippen molar-refractivity contribution in [2.24, 2.45) is 0 Å². The van der Waals surface area contributed by atoms with Gasteiger partial charge in [0.15, 0.2) is 0 Å². The van der Waals surface area contributed by atoms with Crippen molar-refractivity contribution >= 4 is 5.69 Å². The Morgan fingerprint density at radius 2 is 1.65 bits per heavy atom. The molecular formula is C17H20FNO. The molecule has 0 bridgehead atoms. The van der Waals surface area contributed by atoms with Crippen molar-refractivity contribution < 1.29 is 9.13 Å². The van der Waals surface area contributed by atoms with Crippen LogP contribution in [0, 0.1) is 5.82 Å². The average molecular weight is 273 g/mol. The molecule has 0 saturated heterocycles. The van der Waals surface area contributed by atoms with Crippen molar-refractivity contribution in [3.05, 3.63) is 59.9 Å². The number of benzene rings is 2. The number of ether oxygens (including phenoxy) is 1. The lowest BCUT2D eigenvalue weighted by atomic mass is 10.2. The number of nitrogens with zero attached hydrogens (tertiary/aromatic N) is 1. The van der Waals surface area contributed by atoms with Crippen molar-refractivity contribution in [2.45, 2.75) is 19.9 Å². The lowest BCUT2D eigenvalue weighted by Gasteiger charge is -2.24.